The van der Waals surface area contributed by atoms with E-state index in [0.29, 0.717) is 5.92 Å². The third-order valence-corrected chi connectivity index (χ3v) is 5.62. The Morgan fingerprint density at radius 3 is 2.64 bits per heavy atom. The number of anilines is 1. The lowest BCUT2D eigenvalue weighted by Gasteiger charge is -2.24. The molecule has 0 spiro atoms. The van der Waals surface area contributed by atoms with Crippen LogP contribution in [0.5, 0.6) is 0 Å². The number of nitrogens with two attached hydrogens (primary N) is 1. The highest BCUT2D eigenvalue weighted by Gasteiger charge is 2.30. The van der Waals surface area contributed by atoms with Crippen LogP contribution in [0, 0.1) is 0 Å². The molecule has 6 heteroatoms. The van der Waals surface area contributed by atoms with Gasteiger partial charge < -0.3 is 11.1 Å². The van der Waals surface area contributed by atoms with Gasteiger partial charge in [-0.1, -0.05) is 30.3 Å². The number of aromatic nitrogens is 1. The summed E-state index contributed by atoms with van der Waals surface area (Å²) >= 11 is 1.72. The quantitative estimate of drug-likeness (QED) is 0.711. The van der Waals surface area contributed by atoms with E-state index >= 15 is 0 Å². The van der Waals surface area contributed by atoms with Crippen molar-refractivity contribution in [2.75, 3.05) is 5.32 Å². The number of hydrogen-bond donors (Lipinski definition) is 2. The van der Waals surface area contributed by atoms with E-state index in [9.17, 15) is 4.79 Å². The number of halogens is 1. The van der Waals surface area contributed by atoms with E-state index in [1.54, 1.807) is 18.3 Å². The van der Waals surface area contributed by atoms with Crippen LogP contribution in [0.2, 0.25) is 0 Å². The third kappa shape index (κ3) is 3.54. The van der Waals surface area contributed by atoms with Gasteiger partial charge in [-0.2, -0.15) is 0 Å². The minimum atomic E-state index is -1.08. The number of nitrogens with one attached hydrogen (secondary N) is 1. The predicted octanol–water partition coefficient (Wildman–Crippen LogP) is 4.41. The average Bonchev–Trinajstić information content (AvgIpc) is 3.35. The lowest BCUT2D eigenvalue weighted by atomic mass is 9.92. The van der Waals surface area contributed by atoms with Crippen LogP contribution < -0.4 is 11.1 Å². The van der Waals surface area contributed by atoms with Gasteiger partial charge in [0, 0.05) is 11.6 Å². The Kier molecular flexibility index (Phi) is 4.82. The Labute approximate surface area is 156 Å². The molecule has 1 atom stereocenters. The van der Waals surface area contributed by atoms with Gasteiger partial charge in [0.25, 0.3) is 0 Å². The first-order chi connectivity index (χ1) is 11.5. The highest BCUT2D eigenvalue weighted by molar-refractivity contribution is 7.18. The molecule has 25 heavy (non-hydrogen) atoms. The van der Waals surface area contributed by atoms with Crippen LogP contribution in [0.3, 0.4) is 0 Å². The Morgan fingerprint density at radius 2 is 1.96 bits per heavy atom. The molecule has 3 aromatic rings. The predicted molar refractivity (Wildman–Crippen MR) is 105 cm³/mol. The van der Waals surface area contributed by atoms with Gasteiger partial charge in [0.1, 0.15) is 5.54 Å². The van der Waals surface area contributed by atoms with Crippen LogP contribution in [-0.2, 0) is 10.3 Å². The van der Waals surface area contributed by atoms with Crippen molar-refractivity contribution in [3.63, 3.8) is 0 Å². The van der Waals surface area contributed by atoms with Gasteiger partial charge in [0.2, 0.25) is 5.91 Å². The van der Waals surface area contributed by atoms with Crippen LogP contribution in [0.4, 0.5) is 5.69 Å². The highest BCUT2D eigenvalue weighted by Crippen LogP contribution is 2.43. The number of amides is 1. The second kappa shape index (κ2) is 6.75. The van der Waals surface area contributed by atoms with E-state index in [1.807, 2.05) is 48.5 Å². The molecular weight excluding hydrogens is 354 g/mol. The summed E-state index contributed by atoms with van der Waals surface area (Å²) in [5.41, 5.74) is 7.74. The zero-order valence-corrected chi connectivity index (χ0v) is 15.5. The summed E-state index contributed by atoms with van der Waals surface area (Å²) in [7, 11) is 0. The van der Waals surface area contributed by atoms with E-state index in [0.717, 1.165) is 21.5 Å². The molecule has 1 amide bonds. The Hall–Kier alpha value is -1.95. The lowest BCUT2D eigenvalue weighted by molar-refractivity contribution is -0.120. The number of hydrogen-bond acceptors (Lipinski definition) is 4. The van der Waals surface area contributed by atoms with Crippen LogP contribution in [0.25, 0.3) is 10.2 Å². The number of carbonyl (C=O) groups is 1. The lowest BCUT2D eigenvalue weighted by Crippen LogP contribution is -2.45. The van der Waals surface area contributed by atoms with Crippen molar-refractivity contribution >= 4 is 45.6 Å². The molecule has 0 bridgehead atoms. The second-order valence-electron chi connectivity index (χ2n) is 6.53. The first kappa shape index (κ1) is 17.9. The van der Waals surface area contributed by atoms with Gasteiger partial charge in [-0.25, -0.2) is 4.98 Å². The normalized spacial score (nSPS) is 16.1. The number of nitrogens with zero attached hydrogens (tertiary/aromatic N) is 1. The zero-order chi connectivity index (χ0) is 16.7. The van der Waals surface area contributed by atoms with Crippen molar-refractivity contribution in [1.29, 1.82) is 0 Å². The van der Waals surface area contributed by atoms with Gasteiger partial charge in [0.15, 0.2) is 0 Å². The summed E-state index contributed by atoms with van der Waals surface area (Å²) in [5.74, 6) is 0.422. The van der Waals surface area contributed by atoms with E-state index < -0.39 is 5.54 Å². The van der Waals surface area contributed by atoms with Crippen molar-refractivity contribution in [2.24, 2.45) is 5.73 Å². The van der Waals surface area contributed by atoms with Gasteiger partial charge in [0.05, 0.1) is 15.2 Å². The summed E-state index contributed by atoms with van der Waals surface area (Å²) in [5, 5.41) is 4.15. The largest absolute Gasteiger partial charge is 0.324 e. The summed E-state index contributed by atoms with van der Waals surface area (Å²) in [4.78, 5) is 17.3. The summed E-state index contributed by atoms with van der Waals surface area (Å²) in [6.45, 7) is 1.73. The summed E-state index contributed by atoms with van der Waals surface area (Å²) < 4.78 is 1.10. The molecule has 130 valence electrons. The van der Waals surface area contributed by atoms with Crippen LogP contribution in [0.15, 0.2) is 48.5 Å². The SMILES string of the molecule is CC(N)(C(=O)Nc1ccc2nc(C3CC3)sc2c1)c1ccccc1.Cl. The molecule has 4 rings (SSSR count). The van der Waals surface area contributed by atoms with E-state index in [4.69, 9.17) is 5.73 Å². The number of benzene rings is 2. The molecule has 1 aliphatic rings. The molecule has 1 unspecified atom stereocenters. The monoisotopic (exact) mass is 373 g/mol. The minimum absolute atomic E-state index is 0. The summed E-state index contributed by atoms with van der Waals surface area (Å²) in [6.07, 6.45) is 2.48. The Balaban J connectivity index is 0.00000182. The topological polar surface area (TPSA) is 68.0 Å². The molecule has 3 N–H and O–H groups in total. The van der Waals surface area contributed by atoms with E-state index in [1.165, 1.54) is 17.8 Å². The molecule has 1 heterocycles. The Morgan fingerprint density at radius 1 is 1.24 bits per heavy atom. The summed E-state index contributed by atoms with van der Waals surface area (Å²) in [6, 6.07) is 15.3. The molecule has 1 aromatic heterocycles. The smallest absolute Gasteiger partial charge is 0.248 e. The van der Waals surface area contributed by atoms with E-state index in [2.05, 4.69) is 10.3 Å². The maximum Gasteiger partial charge on any atom is 0.248 e. The van der Waals surface area contributed by atoms with Crippen molar-refractivity contribution in [3.05, 3.63) is 59.1 Å². The van der Waals surface area contributed by atoms with Crippen molar-refractivity contribution in [3.8, 4) is 0 Å². The van der Waals surface area contributed by atoms with Crippen LogP contribution in [0.1, 0.15) is 36.3 Å². The van der Waals surface area contributed by atoms with Crippen LogP contribution >= 0.6 is 23.7 Å². The van der Waals surface area contributed by atoms with Crippen LogP contribution in [-0.4, -0.2) is 10.9 Å². The molecule has 1 fully saturated rings. The fourth-order valence-electron chi connectivity index (χ4n) is 2.70. The number of fused-ring (bicyclic) bond motifs is 1. The standard InChI is InChI=1S/C19H19N3OS.ClH/c1-19(20,13-5-3-2-4-6-13)18(23)21-14-9-10-15-16(11-14)24-17(22-15)12-7-8-12;/h2-6,9-12H,7-8,20H2,1H3,(H,21,23);1H. The highest BCUT2D eigenvalue weighted by atomic mass is 35.5. The molecule has 0 aliphatic heterocycles. The maximum absolute atomic E-state index is 12.6. The van der Waals surface area contributed by atoms with E-state index in [-0.39, 0.29) is 18.3 Å². The van der Waals surface area contributed by atoms with Crippen molar-refractivity contribution < 1.29 is 4.79 Å². The number of thiazole rings is 1. The molecule has 1 saturated carbocycles. The van der Waals surface area contributed by atoms with Gasteiger partial charge >= 0.3 is 0 Å². The third-order valence-electron chi connectivity index (χ3n) is 4.43. The van der Waals surface area contributed by atoms with Crippen molar-refractivity contribution in [2.45, 2.75) is 31.2 Å². The molecule has 0 radical (unpaired) electrons. The maximum atomic E-state index is 12.6. The van der Waals surface area contributed by atoms with Gasteiger partial charge in [-0.05, 0) is 43.5 Å². The molecule has 0 saturated heterocycles. The average molecular weight is 374 g/mol. The molecule has 1 aliphatic carbocycles. The first-order valence-corrected chi connectivity index (χ1v) is 8.92. The number of rotatable bonds is 4. The molecular formula is C19H20ClN3OS. The fraction of sp³-hybridized carbons (Fsp3) is 0.263. The molecule has 2 aromatic carbocycles. The number of carbonyl (C=O) groups excluding carboxylic acids is 1. The van der Waals surface area contributed by atoms with Gasteiger partial charge in [-0.15, -0.1) is 23.7 Å². The Bertz CT molecular complexity index is 903. The van der Waals surface area contributed by atoms with Crippen molar-refractivity contribution in [1.82, 2.24) is 4.98 Å². The second-order valence-corrected chi connectivity index (χ2v) is 7.59. The molecule has 4 nitrogen and oxygen atoms in total. The minimum Gasteiger partial charge on any atom is -0.324 e. The fourth-order valence-corrected chi connectivity index (χ4v) is 3.88. The first-order valence-electron chi connectivity index (χ1n) is 8.10. The zero-order valence-electron chi connectivity index (χ0n) is 13.9. The van der Waals surface area contributed by atoms with Gasteiger partial charge in [-0.3, -0.25) is 4.79 Å².